The lowest BCUT2D eigenvalue weighted by molar-refractivity contribution is -0.126. The molecule has 1 saturated carbocycles. The van der Waals surface area contributed by atoms with Crippen LogP contribution in [0.2, 0.25) is 0 Å². The lowest BCUT2D eigenvalue weighted by Crippen LogP contribution is -2.39. The zero-order valence-electron chi connectivity index (χ0n) is 11.7. The van der Waals surface area contributed by atoms with Crippen LogP contribution in [0.15, 0.2) is 0 Å². The molecule has 2 rings (SSSR count). The van der Waals surface area contributed by atoms with Crippen LogP contribution in [0.5, 0.6) is 0 Å². The van der Waals surface area contributed by atoms with Crippen LogP contribution < -0.4 is 16.0 Å². The number of rotatable bonds is 6. The summed E-state index contributed by atoms with van der Waals surface area (Å²) in [5, 5.41) is 8.95. The molecule has 108 valence electrons. The van der Waals surface area contributed by atoms with Crippen LogP contribution in [0.25, 0.3) is 0 Å². The minimum Gasteiger partial charge on any atom is -0.352 e. The Kier molecular flexibility index (Phi) is 5.19. The van der Waals surface area contributed by atoms with E-state index in [1.807, 2.05) is 0 Å². The molecule has 0 aromatic rings. The first kappa shape index (κ1) is 14.3. The fourth-order valence-electron chi connectivity index (χ4n) is 2.58. The molecule has 3 N–H and O–H groups in total. The van der Waals surface area contributed by atoms with E-state index in [2.05, 4.69) is 22.9 Å². The van der Waals surface area contributed by atoms with E-state index in [4.69, 9.17) is 0 Å². The SMILES string of the molecule is CC(CC(=O)NCC(=O)NC1CC1)C1CCCNC1. The highest BCUT2D eigenvalue weighted by atomic mass is 16.2. The topological polar surface area (TPSA) is 70.2 Å². The first-order chi connectivity index (χ1) is 9.15. The van der Waals surface area contributed by atoms with Gasteiger partial charge in [0.25, 0.3) is 0 Å². The summed E-state index contributed by atoms with van der Waals surface area (Å²) in [6, 6.07) is 0.358. The Bertz CT molecular complexity index is 323. The summed E-state index contributed by atoms with van der Waals surface area (Å²) in [7, 11) is 0. The normalized spacial score (nSPS) is 24.6. The maximum atomic E-state index is 11.8. The third-order valence-electron chi connectivity index (χ3n) is 4.04. The standard InChI is InChI=1S/C14H25N3O2/c1-10(11-3-2-6-15-8-11)7-13(18)16-9-14(19)17-12-4-5-12/h10-12,15H,2-9H2,1H3,(H,16,18)(H,17,19). The van der Waals surface area contributed by atoms with Gasteiger partial charge >= 0.3 is 0 Å². The average Bonchev–Trinajstić information content (AvgIpc) is 3.21. The second-order valence-electron chi connectivity index (χ2n) is 5.91. The minimum atomic E-state index is -0.0668. The van der Waals surface area contributed by atoms with E-state index < -0.39 is 0 Å². The highest BCUT2D eigenvalue weighted by Crippen LogP contribution is 2.22. The van der Waals surface area contributed by atoms with Gasteiger partial charge in [-0.3, -0.25) is 9.59 Å². The highest BCUT2D eigenvalue weighted by molar-refractivity contribution is 5.85. The Labute approximate surface area is 114 Å². The van der Waals surface area contributed by atoms with E-state index in [-0.39, 0.29) is 18.4 Å². The van der Waals surface area contributed by atoms with Crippen LogP contribution in [0.3, 0.4) is 0 Å². The second-order valence-corrected chi connectivity index (χ2v) is 5.91. The van der Waals surface area contributed by atoms with Crippen LogP contribution >= 0.6 is 0 Å². The number of carbonyl (C=O) groups excluding carboxylic acids is 2. The van der Waals surface area contributed by atoms with Crippen molar-refractivity contribution in [1.82, 2.24) is 16.0 Å². The Balaban J connectivity index is 1.60. The largest absolute Gasteiger partial charge is 0.352 e. The first-order valence-electron chi connectivity index (χ1n) is 7.42. The molecule has 0 radical (unpaired) electrons. The monoisotopic (exact) mass is 267 g/mol. The van der Waals surface area contributed by atoms with Gasteiger partial charge in [-0.25, -0.2) is 0 Å². The van der Waals surface area contributed by atoms with E-state index in [9.17, 15) is 9.59 Å². The number of amides is 2. The van der Waals surface area contributed by atoms with Crippen molar-refractivity contribution in [2.75, 3.05) is 19.6 Å². The van der Waals surface area contributed by atoms with Crippen molar-refractivity contribution in [3.05, 3.63) is 0 Å². The van der Waals surface area contributed by atoms with Crippen LogP contribution in [0.4, 0.5) is 0 Å². The number of hydrogen-bond donors (Lipinski definition) is 3. The van der Waals surface area contributed by atoms with Crippen molar-refractivity contribution >= 4 is 11.8 Å². The zero-order chi connectivity index (χ0) is 13.7. The summed E-state index contributed by atoms with van der Waals surface area (Å²) >= 11 is 0. The van der Waals surface area contributed by atoms with E-state index in [0.29, 0.717) is 24.3 Å². The Morgan fingerprint density at radius 2 is 2.05 bits per heavy atom. The van der Waals surface area contributed by atoms with Crippen molar-refractivity contribution in [3.8, 4) is 0 Å². The molecule has 0 bridgehead atoms. The quantitative estimate of drug-likeness (QED) is 0.653. The van der Waals surface area contributed by atoms with E-state index in [0.717, 1.165) is 25.9 Å². The van der Waals surface area contributed by atoms with Gasteiger partial charge in [0.2, 0.25) is 11.8 Å². The van der Waals surface area contributed by atoms with Crippen molar-refractivity contribution in [3.63, 3.8) is 0 Å². The van der Waals surface area contributed by atoms with Crippen LogP contribution in [-0.4, -0.2) is 37.5 Å². The molecule has 2 atom stereocenters. The molecule has 1 heterocycles. The molecule has 5 nitrogen and oxygen atoms in total. The van der Waals surface area contributed by atoms with Crippen molar-refractivity contribution in [2.45, 2.75) is 45.1 Å². The number of carbonyl (C=O) groups is 2. The molecule has 0 spiro atoms. The number of piperidine rings is 1. The molecule has 0 aromatic carbocycles. The Morgan fingerprint density at radius 1 is 1.26 bits per heavy atom. The predicted molar refractivity (Wildman–Crippen MR) is 73.5 cm³/mol. The van der Waals surface area contributed by atoms with Crippen LogP contribution in [-0.2, 0) is 9.59 Å². The fourth-order valence-corrected chi connectivity index (χ4v) is 2.58. The molecule has 1 aliphatic heterocycles. The predicted octanol–water partition coefficient (Wildman–Crippen LogP) is 0.407. The maximum Gasteiger partial charge on any atom is 0.239 e. The molecule has 1 aliphatic carbocycles. The summed E-state index contributed by atoms with van der Waals surface area (Å²) in [5.41, 5.74) is 0. The van der Waals surface area contributed by atoms with E-state index in [1.54, 1.807) is 0 Å². The molecule has 0 aromatic heterocycles. The highest BCUT2D eigenvalue weighted by Gasteiger charge is 2.24. The molecule has 5 heteroatoms. The van der Waals surface area contributed by atoms with Crippen LogP contribution in [0, 0.1) is 11.8 Å². The Hall–Kier alpha value is -1.10. The molecule has 2 unspecified atom stereocenters. The summed E-state index contributed by atoms with van der Waals surface area (Å²) in [6.45, 7) is 4.35. The van der Waals surface area contributed by atoms with Gasteiger partial charge in [0.05, 0.1) is 6.54 Å². The van der Waals surface area contributed by atoms with Gasteiger partial charge in [0.1, 0.15) is 0 Å². The zero-order valence-corrected chi connectivity index (χ0v) is 11.7. The van der Waals surface area contributed by atoms with Gasteiger partial charge in [0, 0.05) is 12.5 Å². The van der Waals surface area contributed by atoms with Gasteiger partial charge in [-0.05, 0) is 50.6 Å². The maximum absolute atomic E-state index is 11.8. The summed E-state index contributed by atoms with van der Waals surface area (Å²) in [6.07, 6.45) is 5.06. The molecule has 2 aliphatic rings. The molecular formula is C14H25N3O2. The molecule has 19 heavy (non-hydrogen) atoms. The van der Waals surface area contributed by atoms with Gasteiger partial charge in [-0.15, -0.1) is 0 Å². The number of hydrogen-bond acceptors (Lipinski definition) is 3. The van der Waals surface area contributed by atoms with Gasteiger partial charge < -0.3 is 16.0 Å². The average molecular weight is 267 g/mol. The third-order valence-corrected chi connectivity index (χ3v) is 4.04. The summed E-state index contributed by atoms with van der Waals surface area (Å²) < 4.78 is 0. The summed E-state index contributed by atoms with van der Waals surface area (Å²) in [5.74, 6) is 0.881. The smallest absolute Gasteiger partial charge is 0.239 e. The summed E-state index contributed by atoms with van der Waals surface area (Å²) in [4.78, 5) is 23.2. The van der Waals surface area contributed by atoms with Crippen LogP contribution in [0.1, 0.15) is 39.0 Å². The van der Waals surface area contributed by atoms with Gasteiger partial charge in [-0.1, -0.05) is 6.92 Å². The molecule has 1 saturated heterocycles. The number of nitrogens with one attached hydrogen (secondary N) is 3. The van der Waals surface area contributed by atoms with Gasteiger partial charge in [-0.2, -0.15) is 0 Å². The minimum absolute atomic E-state index is 0.0102. The van der Waals surface area contributed by atoms with Crippen molar-refractivity contribution in [2.24, 2.45) is 11.8 Å². The molecular weight excluding hydrogens is 242 g/mol. The molecule has 2 amide bonds. The van der Waals surface area contributed by atoms with E-state index >= 15 is 0 Å². The van der Waals surface area contributed by atoms with Crippen molar-refractivity contribution in [1.29, 1.82) is 0 Å². The van der Waals surface area contributed by atoms with E-state index in [1.165, 1.54) is 12.8 Å². The lowest BCUT2D eigenvalue weighted by atomic mass is 9.85. The second kappa shape index (κ2) is 6.89. The molecule has 2 fully saturated rings. The van der Waals surface area contributed by atoms with Crippen molar-refractivity contribution < 1.29 is 9.59 Å². The Morgan fingerprint density at radius 3 is 2.68 bits per heavy atom. The first-order valence-corrected chi connectivity index (χ1v) is 7.42. The van der Waals surface area contributed by atoms with Gasteiger partial charge in [0.15, 0.2) is 0 Å². The fraction of sp³-hybridized carbons (Fsp3) is 0.857. The third kappa shape index (κ3) is 5.19. The lowest BCUT2D eigenvalue weighted by Gasteiger charge is -2.27.